The summed E-state index contributed by atoms with van der Waals surface area (Å²) >= 11 is 0. The number of H-pyrrole nitrogens is 2. The molecule has 3 N–H and O–H groups in total. The van der Waals surface area contributed by atoms with Crippen LogP contribution >= 0.6 is 0 Å². The molecule has 1 amide bonds. The molecule has 6 nitrogen and oxygen atoms in total. The molecular formula is C22H21N5O. The van der Waals surface area contributed by atoms with Gasteiger partial charge in [-0.2, -0.15) is 5.10 Å². The van der Waals surface area contributed by atoms with Crippen molar-refractivity contribution in [2.45, 2.75) is 25.7 Å². The van der Waals surface area contributed by atoms with Gasteiger partial charge in [0, 0.05) is 24.1 Å². The van der Waals surface area contributed by atoms with Crippen LogP contribution in [0.4, 0.5) is 0 Å². The van der Waals surface area contributed by atoms with Crippen molar-refractivity contribution >= 4 is 16.9 Å². The predicted molar refractivity (Wildman–Crippen MR) is 108 cm³/mol. The second-order valence-corrected chi connectivity index (χ2v) is 7.14. The Balaban J connectivity index is 1.22. The number of hydrogen-bond acceptors (Lipinski definition) is 3. The molecule has 0 fully saturated rings. The zero-order chi connectivity index (χ0) is 18.9. The van der Waals surface area contributed by atoms with Gasteiger partial charge < -0.3 is 10.3 Å². The Labute approximate surface area is 162 Å². The molecule has 0 spiro atoms. The van der Waals surface area contributed by atoms with Crippen molar-refractivity contribution in [3.8, 4) is 11.3 Å². The number of nitrogens with one attached hydrogen (secondary N) is 3. The van der Waals surface area contributed by atoms with Crippen LogP contribution in [0.15, 0.2) is 48.5 Å². The first kappa shape index (κ1) is 16.7. The number of carbonyl (C=O) groups is 1. The summed E-state index contributed by atoms with van der Waals surface area (Å²) in [4.78, 5) is 20.5. The van der Waals surface area contributed by atoms with E-state index in [1.807, 2.05) is 36.4 Å². The van der Waals surface area contributed by atoms with Crippen molar-refractivity contribution in [3.05, 3.63) is 71.2 Å². The highest BCUT2D eigenvalue weighted by Gasteiger charge is 2.24. The fraction of sp³-hybridized carbons (Fsp3) is 0.227. The van der Waals surface area contributed by atoms with E-state index in [2.05, 4.69) is 37.6 Å². The first-order valence-corrected chi connectivity index (χ1v) is 9.67. The Morgan fingerprint density at radius 2 is 1.93 bits per heavy atom. The summed E-state index contributed by atoms with van der Waals surface area (Å²) in [6.07, 6.45) is 3.40. The number of hydrogen-bond donors (Lipinski definition) is 3. The van der Waals surface area contributed by atoms with Gasteiger partial charge in [0.1, 0.15) is 11.5 Å². The van der Waals surface area contributed by atoms with E-state index in [9.17, 15) is 4.79 Å². The fourth-order valence-electron chi connectivity index (χ4n) is 3.92. The molecule has 28 heavy (non-hydrogen) atoms. The molecule has 1 aliphatic carbocycles. The van der Waals surface area contributed by atoms with Crippen molar-refractivity contribution in [1.29, 1.82) is 0 Å². The first-order valence-electron chi connectivity index (χ1n) is 9.67. The van der Waals surface area contributed by atoms with E-state index < -0.39 is 0 Å². The largest absolute Gasteiger partial charge is 0.351 e. The van der Waals surface area contributed by atoms with E-state index in [1.165, 1.54) is 5.56 Å². The Morgan fingerprint density at radius 3 is 2.86 bits per heavy atom. The van der Waals surface area contributed by atoms with E-state index in [0.29, 0.717) is 12.2 Å². The van der Waals surface area contributed by atoms with Crippen LogP contribution in [0.5, 0.6) is 0 Å². The number of rotatable bonds is 5. The minimum atomic E-state index is -0.0854. The fourth-order valence-corrected chi connectivity index (χ4v) is 3.92. The lowest BCUT2D eigenvalue weighted by Gasteiger charge is -2.15. The van der Waals surface area contributed by atoms with Crippen LogP contribution in [0.1, 0.15) is 33.9 Å². The smallest absolute Gasteiger partial charge is 0.269 e. The van der Waals surface area contributed by atoms with E-state index in [-0.39, 0.29) is 5.91 Å². The second-order valence-electron chi connectivity index (χ2n) is 7.14. The third kappa shape index (κ3) is 2.97. The van der Waals surface area contributed by atoms with Crippen LogP contribution in [0, 0.1) is 0 Å². The number of aryl methyl sites for hydroxylation is 2. The molecule has 2 aromatic heterocycles. The molecule has 2 aromatic carbocycles. The van der Waals surface area contributed by atoms with Crippen LogP contribution in [-0.2, 0) is 19.3 Å². The van der Waals surface area contributed by atoms with Gasteiger partial charge >= 0.3 is 0 Å². The molecule has 0 atom stereocenters. The second kappa shape index (κ2) is 6.96. The average molecular weight is 371 g/mol. The predicted octanol–water partition coefficient (Wildman–Crippen LogP) is 3.41. The lowest BCUT2D eigenvalue weighted by molar-refractivity contribution is 0.0947. The highest BCUT2D eigenvalue weighted by molar-refractivity contribution is 5.96. The number of nitrogens with zero attached hydrogens (tertiary/aromatic N) is 2. The lowest BCUT2D eigenvalue weighted by Crippen LogP contribution is -2.26. The number of para-hydroxylation sites is 2. The molecule has 0 saturated carbocycles. The molecule has 0 aliphatic heterocycles. The molecular weight excluding hydrogens is 350 g/mol. The number of amides is 1. The topological polar surface area (TPSA) is 86.5 Å². The highest BCUT2D eigenvalue weighted by atomic mass is 16.1. The molecule has 5 rings (SSSR count). The van der Waals surface area contributed by atoms with Gasteiger partial charge in [0.15, 0.2) is 0 Å². The third-order valence-corrected chi connectivity index (χ3v) is 5.33. The molecule has 140 valence electrons. The summed E-state index contributed by atoms with van der Waals surface area (Å²) in [5.41, 5.74) is 6.97. The van der Waals surface area contributed by atoms with Crippen LogP contribution in [0.25, 0.3) is 22.3 Å². The minimum absolute atomic E-state index is 0.0854. The van der Waals surface area contributed by atoms with Crippen LogP contribution in [-0.4, -0.2) is 32.6 Å². The highest BCUT2D eigenvalue weighted by Crippen LogP contribution is 2.33. The SMILES string of the molecule is O=C(NCCCc1nc2ccccc2[nH]1)c1[nH]nc2c1CCc1ccccc1-2. The van der Waals surface area contributed by atoms with Crippen molar-refractivity contribution in [3.63, 3.8) is 0 Å². The van der Waals surface area contributed by atoms with E-state index in [4.69, 9.17) is 0 Å². The Morgan fingerprint density at radius 1 is 1.07 bits per heavy atom. The maximum atomic E-state index is 12.6. The van der Waals surface area contributed by atoms with Crippen molar-refractivity contribution < 1.29 is 4.79 Å². The molecule has 6 heteroatoms. The lowest BCUT2D eigenvalue weighted by atomic mass is 9.89. The molecule has 0 saturated heterocycles. The van der Waals surface area contributed by atoms with Crippen LogP contribution < -0.4 is 5.32 Å². The zero-order valence-corrected chi connectivity index (χ0v) is 15.5. The zero-order valence-electron chi connectivity index (χ0n) is 15.5. The van der Waals surface area contributed by atoms with Gasteiger partial charge in [-0.05, 0) is 37.0 Å². The molecule has 1 aliphatic rings. The normalized spacial score (nSPS) is 12.6. The average Bonchev–Trinajstić information content (AvgIpc) is 3.35. The number of fused-ring (bicyclic) bond motifs is 4. The van der Waals surface area contributed by atoms with Gasteiger partial charge in [0.05, 0.1) is 16.7 Å². The summed E-state index contributed by atoms with van der Waals surface area (Å²) in [5, 5.41) is 10.4. The summed E-state index contributed by atoms with van der Waals surface area (Å²) in [6.45, 7) is 0.597. The van der Waals surface area contributed by atoms with Gasteiger partial charge in [0.2, 0.25) is 0 Å². The Kier molecular flexibility index (Phi) is 4.16. The molecule has 0 unspecified atom stereocenters. The maximum absolute atomic E-state index is 12.6. The Bertz CT molecular complexity index is 1120. The van der Waals surface area contributed by atoms with Gasteiger partial charge in [-0.1, -0.05) is 36.4 Å². The van der Waals surface area contributed by atoms with Gasteiger partial charge in [-0.15, -0.1) is 0 Å². The minimum Gasteiger partial charge on any atom is -0.351 e. The van der Waals surface area contributed by atoms with Gasteiger partial charge in [-0.25, -0.2) is 4.98 Å². The number of benzene rings is 2. The van der Waals surface area contributed by atoms with Crippen LogP contribution in [0.3, 0.4) is 0 Å². The summed E-state index contributed by atoms with van der Waals surface area (Å²) < 4.78 is 0. The molecule has 4 aromatic rings. The van der Waals surface area contributed by atoms with Crippen molar-refractivity contribution in [2.75, 3.05) is 6.54 Å². The van der Waals surface area contributed by atoms with Gasteiger partial charge in [0.25, 0.3) is 5.91 Å². The van der Waals surface area contributed by atoms with Crippen molar-refractivity contribution in [2.24, 2.45) is 0 Å². The summed E-state index contributed by atoms with van der Waals surface area (Å²) in [7, 11) is 0. The Hall–Kier alpha value is -3.41. The quantitative estimate of drug-likeness (QED) is 0.470. The van der Waals surface area contributed by atoms with Gasteiger partial charge in [-0.3, -0.25) is 9.89 Å². The molecule has 2 heterocycles. The van der Waals surface area contributed by atoms with E-state index in [0.717, 1.165) is 59.4 Å². The van der Waals surface area contributed by atoms with E-state index in [1.54, 1.807) is 0 Å². The molecule has 0 radical (unpaired) electrons. The monoisotopic (exact) mass is 371 g/mol. The summed E-state index contributed by atoms with van der Waals surface area (Å²) in [6, 6.07) is 16.3. The number of aromatic amines is 2. The standard InChI is InChI=1S/C22H21N5O/c28-22(23-13-5-10-19-24-17-8-3-4-9-18(17)25-19)21-16-12-11-14-6-1-2-7-15(14)20(16)26-27-21/h1-4,6-9H,5,10-13H2,(H,23,28)(H,24,25)(H,26,27). The molecule has 0 bridgehead atoms. The maximum Gasteiger partial charge on any atom is 0.269 e. The van der Waals surface area contributed by atoms with Crippen LogP contribution in [0.2, 0.25) is 0 Å². The third-order valence-electron chi connectivity index (χ3n) is 5.33. The number of aromatic nitrogens is 4. The van der Waals surface area contributed by atoms with Crippen molar-refractivity contribution in [1.82, 2.24) is 25.5 Å². The first-order chi connectivity index (χ1) is 13.8. The summed E-state index contributed by atoms with van der Waals surface area (Å²) in [5.74, 6) is 0.865. The number of carbonyl (C=O) groups excluding carboxylic acids is 1. The number of imidazole rings is 1. The van der Waals surface area contributed by atoms with E-state index >= 15 is 0 Å².